The van der Waals surface area contributed by atoms with Crippen LogP contribution in [0.1, 0.15) is 5.82 Å². The Morgan fingerprint density at radius 3 is 2.79 bits per heavy atom. The van der Waals surface area contributed by atoms with E-state index in [1.54, 1.807) is 0 Å². The summed E-state index contributed by atoms with van der Waals surface area (Å²) < 4.78 is 3.88. The minimum atomic E-state index is -1.56. The van der Waals surface area contributed by atoms with Crippen molar-refractivity contribution in [3.63, 3.8) is 0 Å². The average Bonchev–Trinajstić information content (AvgIpc) is 3.08. The third-order valence-electron chi connectivity index (χ3n) is 3.77. The van der Waals surface area contributed by atoms with E-state index in [0.29, 0.717) is 0 Å². The molecule has 2 aliphatic rings. The van der Waals surface area contributed by atoms with Crippen molar-refractivity contribution in [2.75, 3.05) is 25.2 Å². The number of thioether (sulfide) groups is 1. The summed E-state index contributed by atoms with van der Waals surface area (Å²) in [6.45, 7) is -0.509. The third-order valence-corrected chi connectivity index (χ3v) is 5.65. The van der Waals surface area contributed by atoms with Gasteiger partial charge >= 0.3 is 29.6 Å². The molecule has 1 fully saturated rings. The summed E-state index contributed by atoms with van der Waals surface area (Å²) in [7, 11) is 1.23. The predicted octanol–water partition coefficient (Wildman–Crippen LogP) is -6.13. The second-order valence-electron chi connectivity index (χ2n) is 5.34. The van der Waals surface area contributed by atoms with Crippen molar-refractivity contribution < 1.29 is 59.0 Å². The number of hydrogen-bond acceptors (Lipinski definition) is 12. The van der Waals surface area contributed by atoms with E-state index in [0.717, 1.165) is 16.4 Å². The molecule has 144 valence electrons. The van der Waals surface area contributed by atoms with Crippen LogP contribution in [0.4, 0.5) is 5.13 Å². The summed E-state index contributed by atoms with van der Waals surface area (Å²) in [4.78, 5) is 45.7. The summed E-state index contributed by atoms with van der Waals surface area (Å²) in [6.07, 6.45) is 0. The molecule has 3 heterocycles. The van der Waals surface area contributed by atoms with Crippen molar-refractivity contribution in [2.24, 2.45) is 5.16 Å². The number of aliphatic hydroxyl groups excluding tert-OH is 1. The molecule has 0 radical (unpaired) electrons. The quantitative estimate of drug-likeness (QED) is 0.168. The molecule has 0 spiro atoms. The van der Waals surface area contributed by atoms with Gasteiger partial charge in [-0.2, -0.15) is 9.36 Å². The number of anilines is 1. The number of oxime groups is 1. The second kappa shape index (κ2) is 9.19. The van der Waals surface area contributed by atoms with Gasteiger partial charge in [0.2, 0.25) is 11.5 Å². The molecule has 2 atom stereocenters. The SMILES string of the molecule is CO/N=C(/C(=O)N[C@@H]1C(=O)N2C(C(=O)[O-])=C(CO)CS[C@H]12)c1nsc(N)n1.[Na+]. The van der Waals surface area contributed by atoms with Gasteiger partial charge in [0.1, 0.15) is 18.5 Å². The van der Waals surface area contributed by atoms with Crippen LogP contribution in [0, 0.1) is 0 Å². The molecule has 0 saturated carbocycles. The molecule has 4 N–H and O–H groups in total. The van der Waals surface area contributed by atoms with Crippen LogP contribution in [-0.2, 0) is 19.2 Å². The molecule has 15 heteroatoms. The zero-order valence-corrected chi connectivity index (χ0v) is 18.4. The fourth-order valence-corrected chi connectivity index (χ4v) is 4.38. The van der Waals surface area contributed by atoms with Crippen molar-refractivity contribution >= 4 is 51.9 Å². The number of carboxylic acid groups (broad SMARTS) is 1. The third kappa shape index (κ3) is 4.01. The average molecular weight is 436 g/mol. The maximum absolute atomic E-state index is 12.5. The normalized spacial score (nSPS) is 21.4. The van der Waals surface area contributed by atoms with Gasteiger partial charge < -0.3 is 30.9 Å². The summed E-state index contributed by atoms with van der Waals surface area (Å²) in [5.74, 6) is -2.86. The molecule has 0 unspecified atom stereocenters. The summed E-state index contributed by atoms with van der Waals surface area (Å²) >= 11 is 2.07. The zero-order chi connectivity index (χ0) is 19.7. The van der Waals surface area contributed by atoms with Crippen molar-refractivity contribution in [2.45, 2.75) is 11.4 Å². The number of nitrogens with zero attached hydrogens (tertiary/aromatic N) is 4. The van der Waals surface area contributed by atoms with Crippen molar-refractivity contribution in [3.8, 4) is 0 Å². The van der Waals surface area contributed by atoms with Gasteiger partial charge in [-0.15, -0.1) is 11.8 Å². The summed E-state index contributed by atoms with van der Waals surface area (Å²) in [6, 6.07) is -0.991. The van der Waals surface area contributed by atoms with E-state index in [-0.39, 0.29) is 63.2 Å². The second-order valence-corrected chi connectivity index (χ2v) is 7.23. The van der Waals surface area contributed by atoms with Gasteiger partial charge in [-0.1, -0.05) is 5.16 Å². The number of nitrogens with two attached hydrogens (primary N) is 1. The molecule has 0 aliphatic carbocycles. The van der Waals surface area contributed by atoms with Gasteiger partial charge in [0.05, 0.1) is 18.3 Å². The van der Waals surface area contributed by atoms with E-state index >= 15 is 0 Å². The Morgan fingerprint density at radius 2 is 2.25 bits per heavy atom. The zero-order valence-electron chi connectivity index (χ0n) is 14.7. The maximum Gasteiger partial charge on any atom is 1.00 e. The van der Waals surface area contributed by atoms with Crippen LogP contribution in [0.3, 0.4) is 0 Å². The number of aliphatic carboxylic acids is 1. The Morgan fingerprint density at radius 1 is 1.54 bits per heavy atom. The summed E-state index contributed by atoms with van der Waals surface area (Å²) in [5.41, 5.74) is 5.04. The standard InChI is InChI=1S/C13H14N6O6S2.Na/c1-25-17-5(8-16-13(14)27-18-8)9(21)15-6-10(22)19-7(12(23)24)4(2-20)3-26-11(6)19;/h6,11,20H,2-3H2,1H3,(H,15,21)(H,23,24)(H2,14,16,18);/q;+1/p-1/b17-5+;/t6-,11-;/m1./s1. The molecule has 28 heavy (non-hydrogen) atoms. The Balaban J connectivity index is 0.00000280. The van der Waals surface area contributed by atoms with Gasteiger partial charge in [-0.05, 0) is 5.57 Å². The largest absolute Gasteiger partial charge is 1.00 e. The van der Waals surface area contributed by atoms with Crippen LogP contribution < -0.4 is 45.7 Å². The van der Waals surface area contributed by atoms with Crippen LogP contribution in [0.25, 0.3) is 0 Å². The fraction of sp³-hybridized carbons (Fsp3) is 0.385. The van der Waals surface area contributed by atoms with Gasteiger partial charge in [0.15, 0.2) is 5.13 Å². The number of carbonyl (C=O) groups is 3. The molecule has 2 amide bonds. The van der Waals surface area contributed by atoms with Crippen molar-refractivity contribution in [1.29, 1.82) is 0 Å². The van der Waals surface area contributed by atoms with E-state index in [1.165, 1.54) is 18.9 Å². The number of hydrogen-bond donors (Lipinski definition) is 3. The topological polar surface area (TPSA) is 183 Å². The number of carboxylic acids is 1. The van der Waals surface area contributed by atoms with E-state index in [4.69, 9.17) is 5.73 Å². The van der Waals surface area contributed by atoms with Crippen molar-refractivity contribution in [3.05, 3.63) is 17.1 Å². The molecule has 1 aromatic heterocycles. The number of aliphatic hydroxyl groups is 1. The fourth-order valence-electron chi connectivity index (χ4n) is 2.61. The Bertz CT molecular complexity index is 873. The minimum absolute atomic E-state index is 0. The number of aromatic nitrogens is 2. The number of β-lactam (4-membered cyclic amide) rings is 1. The van der Waals surface area contributed by atoms with Gasteiger partial charge in [0.25, 0.3) is 11.8 Å². The first kappa shape index (κ1) is 22.6. The first-order valence-electron chi connectivity index (χ1n) is 7.39. The molecular weight excluding hydrogens is 423 g/mol. The molecule has 12 nitrogen and oxygen atoms in total. The smallest absolute Gasteiger partial charge is 0.543 e. The van der Waals surface area contributed by atoms with Gasteiger partial charge in [-0.3, -0.25) is 14.5 Å². The maximum atomic E-state index is 12.5. The van der Waals surface area contributed by atoms with E-state index in [1.807, 2.05) is 0 Å². The number of amides is 2. The molecule has 3 rings (SSSR count). The first-order valence-corrected chi connectivity index (χ1v) is 9.21. The number of rotatable bonds is 6. The van der Waals surface area contributed by atoms with Crippen LogP contribution in [0.2, 0.25) is 0 Å². The monoisotopic (exact) mass is 436 g/mol. The molecule has 0 bridgehead atoms. The van der Waals surface area contributed by atoms with Crippen molar-refractivity contribution in [1.82, 2.24) is 19.6 Å². The molecular formula is C13H13N6NaO6S2. The van der Waals surface area contributed by atoms with E-state index in [2.05, 4.69) is 24.7 Å². The van der Waals surface area contributed by atoms with Crippen LogP contribution in [0.15, 0.2) is 16.4 Å². The molecule has 0 aromatic carbocycles. The molecule has 1 saturated heterocycles. The van der Waals surface area contributed by atoms with Crippen LogP contribution in [0.5, 0.6) is 0 Å². The Labute approximate surface area is 188 Å². The Hall–Kier alpha value is -1.71. The summed E-state index contributed by atoms with van der Waals surface area (Å²) in [5, 5.41) is 26.1. The van der Waals surface area contributed by atoms with Gasteiger partial charge in [0, 0.05) is 17.3 Å². The number of nitrogens with one attached hydrogen (secondary N) is 1. The molecule has 1 aromatic rings. The van der Waals surface area contributed by atoms with E-state index < -0.39 is 35.8 Å². The predicted molar refractivity (Wildman–Crippen MR) is 92.0 cm³/mol. The Kier molecular flexibility index (Phi) is 7.41. The number of carbonyl (C=O) groups excluding carboxylic acids is 3. The van der Waals surface area contributed by atoms with E-state index in [9.17, 15) is 24.6 Å². The number of fused-ring (bicyclic) bond motifs is 1. The molecule has 2 aliphatic heterocycles. The van der Waals surface area contributed by atoms with Crippen LogP contribution >= 0.6 is 23.3 Å². The number of nitrogen functional groups attached to an aromatic ring is 1. The first-order chi connectivity index (χ1) is 12.9. The minimum Gasteiger partial charge on any atom is -0.543 e. The van der Waals surface area contributed by atoms with Gasteiger partial charge in [-0.25, -0.2) is 0 Å². The van der Waals surface area contributed by atoms with Crippen LogP contribution in [-0.4, -0.2) is 73.7 Å².